The van der Waals surface area contributed by atoms with Crippen LogP contribution >= 0.6 is 0 Å². The molecular weight excluding hydrogens is 230 g/mol. The first kappa shape index (κ1) is 13.2. The minimum Gasteiger partial charge on any atom is -0.307 e. The first-order valence-corrected chi connectivity index (χ1v) is 8.13. The number of rotatable bonds is 2. The summed E-state index contributed by atoms with van der Waals surface area (Å²) >= 11 is 0. The van der Waals surface area contributed by atoms with E-state index in [-0.39, 0.29) is 5.54 Å². The normalized spacial score (nSPS) is 29.3. The lowest BCUT2D eigenvalue weighted by molar-refractivity contribution is 0.124. The highest BCUT2D eigenvalue weighted by atomic mass is 15.0. The van der Waals surface area contributed by atoms with E-state index in [9.17, 15) is 0 Å². The molecule has 1 aliphatic carbocycles. The molecule has 1 atom stereocenters. The summed E-state index contributed by atoms with van der Waals surface area (Å²) in [7, 11) is 0. The van der Waals surface area contributed by atoms with Gasteiger partial charge in [-0.15, -0.1) is 0 Å². The van der Waals surface area contributed by atoms with Gasteiger partial charge in [0, 0.05) is 5.54 Å². The number of aryl methyl sites for hydroxylation is 1. The van der Waals surface area contributed by atoms with Crippen LogP contribution in [-0.2, 0) is 5.54 Å². The second-order valence-electron chi connectivity index (χ2n) is 6.56. The van der Waals surface area contributed by atoms with Crippen molar-refractivity contribution in [3.63, 3.8) is 0 Å². The molecule has 104 valence electrons. The molecular formula is C18H27N. The van der Waals surface area contributed by atoms with Crippen molar-refractivity contribution in [2.24, 2.45) is 5.92 Å². The molecule has 1 aliphatic heterocycles. The van der Waals surface area contributed by atoms with Crippen molar-refractivity contribution in [1.29, 1.82) is 0 Å². The van der Waals surface area contributed by atoms with Gasteiger partial charge < -0.3 is 5.32 Å². The van der Waals surface area contributed by atoms with Crippen LogP contribution in [0.2, 0.25) is 0 Å². The molecule has 3 rings (SSSR count). The lowest BCUT2D eigenvalue weighted by atomic mass is 9.67. The van der Waals surface area contributed by atoms with Crippen molar-refractivity contribution in [2.75, 3.05) is 6.54 Å². The molecule has 1 N–H and O–H groups in total. The smallest absolute Gasteiger partial charge is 0.0463 e. The van der Waals surface area contributed by atoms with Gasteiger partial charge in [0.2, 0.25) is 0 Å². The van der Waals surface area contributed by atoms with E-state index in [1.807, 2.05) is 0 Å². The average Bonchev–Trinajstić information content (AvgIpc) is 2.49. The Bertz CT molecular complexity index is 394. The summed E-state index contributed by atoms with van der Waals surface area (Å²) in [6.45, 7) is 3.38. The molecule has 0 amide bonds. The van der Waals surface area contributed by atoms with Crippen molar-refractivity contribution in [1.82, 2.24) is 5.32 Å². The summed E-state index contributed by atoms with van der Waals surface area (Å²) in [5.74, 6) is 0.851. The van der Waals surface area contributed by atoms with E-state index in [0.29, 0.717) is 0 Å². The van der Waals surface area contributed by atoms with Crippen LogP contribution in [0.1, 0.15) is 62.5 Å². The summed E-state index contributed by atoms with van der Waals surface area (Å²) < 4.78 is 0. The minimum atomic E-state index is 0.284. The maximum atomic E-state index is 3.94. The Kier molecular flexibility index (Phi) is 3.93. The molecule has 1 aromatic rings. The first-order valence-electron chi connectivity index (χ1n) is 8.13. The highest BCUT2D eigenvalue weighted by Gasteiger charge is 2.41. The standard InChI is InChI=1S/C18H27N/c1-15-9-11-17(12-10-15)18(13-5-6-14-19-18)16-7-3-2-4-8-16/h9-12,16,19H,2-8,13-14H2,1H3/t18-/m1/s1. The van der Waals surface area contributed by atoms with Crippen molar-refractivity contribution in [3.05, 3.63) is 35.4 Å². The zero-order valence-corrected chi connectivity index (χ0v) is 12.3. The Morgan fingerprint density at radius 1 is 0.947 bits per heavy atom. The highest BCUT2D eigenvalue weighted by Crippen LogP contribution is 2.44. The molecule has 19 heavy (non-hydrogen) atoms. The number of hydrogen-bond acceptors (Lipinski definition) is 1. The fourth-order valence-electron chi connectivity index (χ4n) is 4.21. The third kappa shape index (κ3) is 2.58. The molecule has 1 heterocycles. The van der Waals surface area contributed by atoms with E-state index in [1.165, 1.54) is 63.5 Å². The molecule has 2 fully saturated rings. The highest BCUT2D eigenvalue weighted by molar-refractivity contribution is 5.29. The zero-order chi connectivity index (χ0) is 13.1. The largest absolute Gasteiger partial charge is 0.307 e. The van der Waals surface area contributed by atoms with Crippen molar-refractivity contribution < 1.29 is 0 Å². The molecule has 0 unspecified atom stereocenters. The van der Waals surface area contributed by atoms with Gasteiger partial charge in [-0.2, -0.15) is 0 Å². The molecule has 0 spiro atoms. The summed E-state index contributed by atoms with van der Waals surface area (Å²) in [4.78, 5) is 0. The number of piperidine rings is 1. The van der Waals surface area contributed by atoms with Crippen LogP contribution in [-0.4, -0.2) is 6.54 Å². The summed E-state index contributed by atoms with van der Waals surface area (Å²) in [5, 5.41) is 3.94. The van der Waals surface area contributed by atoms with Crippen LogP contribution in [0.25, 0.3) is 0 Å². The van der Waals surface area contributed by atoms with Crippen molar-refractivity contribution >= 4 is 0 Å². The quantitative estimate of drug-likeness (QED) is 0.820. The Hall–Kier alpha value is -0.820. The maximum Gasteiger partial charge on any atom is 0.0463 e. The van der Waals surface area contributed by atoms with Gasteiger partial charge in [0.1, 0.15) is 0 Å². The third-order valence-electron chi connectivity index (χ3n) is 5.31. The molecule has 1 nitrogen and oxygen atoms in total. The SMILES string of the molecule is Cc1ccc([C@]2(C3CCCCC3)CCCCN2)cc1. The summed E-state index contributed by atoms with van der Waals surface area (Å²) in [6.07, 6.45) is 11.2. The van der Waals surface area contributed by atoms with E-state index in [0.717, 1.165) is 5.92 Å². The van der Waals surface area contributed by atoms with Gasteiger partial charge in [0.05, 0.1) is 0 Å². The zero-order valence-electron chi connectivity index (χ0n) is 12.3. The lowest BCUT2D eigenvalue weighted by Gasteiger charge is -2.46. The Morgan fingerprint density at radius 3 is 2.32 bits per heavy atom. The van der Waals surface area contributed by atoms with E-state index in [1.54, 1.807) is 5.56 Å². The molecule has 0 aromatic heterocycles. The predicted molar refractivity (Wildman–Crippen MR) is 81.3 cm³/mol. The van der Waals surface area contributed by atoms with Crippen LogP contribution in [0.4, 0.5) is 0 Å². The summed E-state index contributed by atoms with van der Waals surface area (Å²) in [5.41, 5.74) is 3.20. The van der Waals surface area contributed by atoms with Gasteiger partial charge in [0.25, 0.3) is 0 Å². The lowest BCUT2D eigenvalue weighted by Crippen LogP contribution is -2.51. The van der Waals surface area contributed by atoms with Gasteiger partial charge in [0.15, 0.2) is 0 Å². The summed E-state index contributed by atoms with van der Waals surface area (Å²) in [6, 6.07) is 9.33. The van der Waals surface area contributed by atoms with Crippen molar-refractivity contribution in [3.8, 4) is 0 Å². The fourth-order valence-corrected chi connectivity index (χ4v) is 4.21. The third-order valence-corrected chi connectivity index (χ3v) is 5.31. The van der Waals surface area contributed by atoms with Gasteiger partial charge in [-0.3, -0.25) is 0 Å². The molecule has 0 radical (unpaired) electrons. The van der Waals surface area contributed by atoms with E-state index >= 15 is 0 Å². The predicted octanol–water partition coefficient (Wildman–Crippen LogP) is 4.54. The number of hydrogen-bond donors (Lipinski definition) is 1. The second kappa shape index (κ2) is 5.66. The van der Waals surface area contributed by atoms with Crippen LogP contribution in [0.15, 0.2) is 24.3 Å². The maximum absolute atomic E-state index is 3.94. The topological polar surface area (TPSA) is 12.0 Å². The Morgan fingerprint density at radius 2 is 1.68 bits per heavy atom. The van der Waals surface area contributed by atoms with Gasteiger partial charge >= 0.3 is 0 Å². The molecule has 1 saturated heterocycles. The van der Waals surface area contributed by atoms with Gasteiger partial charge in [-0.25, -0.2) is 0 Å². The van der Waals surface area contributed by atoms with Gasteiger partial charge in [-0.05, 0) is 57.1 Å². The van der Waals surface area contributed by atoms with Crippen molar-refractivity contribution in [2.45, 2.75) is 63.8 Å². The average molecular weight is 257 g/mol. The molecule has 2 aliphatic rings. The van der Waals surface area contributed by atoms with E-state index in [4.69, 9.17) is 0 Å². The minimum absolute atomic E-state index is 0.284. The van der Waals surface area contributed by atoms with Crippen LogP contribution in [0.3, 0.4) is 0 Å². The van der Waals surface area contributed by atoms with E-state index in [2.05, 4.69) is 36.5 Å². The molecule has 1 heteroatoms. The van der Waals surface area contributed by atoms with Gasteiger partial charge in [-0.1, -0.05) is 49.1 Å². The molecule has 1 saturated carbocycles. The number of benzene rings is 1. The number of nitrogens with one attached hydrogen (secondary N) is 1. The van der Waals surface area contributed by atoms with E-state index < -0.39 is 0 Å². The Balaban J connectivity index is 1.93. The van der Waals surface area contributed by atoms with Crippen LogP contribution < -0.4 is 5.32 Å². The second-order valence-corrected chi connectivity index (χ2v) is 6.56. The monoisotopic (exact) mass is 257 g/mol. The van der Waals surface area contributed by atoms with Crippen LogP contribution in [0.5, 0.6) is 0 Å². The fraction of sp³-hybridized carbons (Fsp3) is 0.667. The Labute approximate surface area is 117 Å². The first-order chi connectivity index (χ1) is 9.31. The van der Waals surface area contributed by atoms with Crippen LogP contribution in [0, 0.1) is 12.8 Å². The molecule has 0 bridgehead atoms. The molecule has 1 aromatic carbocycles.